The number of hydrogen-bond donors (Lipinski definition) is 2. The van der Waals surface area contributed by atoms with E-state index >= 15 is 0 Å². The maximum atomic E-state index is 12.8. The number of carbonyl (C=O) groups is 2. The van der Waals surface area contributed by atoms with Crippen molar-refractivity contribution in [2.45, 2.75) is 59.8 Å². The second-order valence-electron chi connectivity index (χ2n) is 5.98. The molecule has 2 rings (SSSR count). The molecular weight excluding hydrogens is 542 g/mol. The highest BCUT2D eigenvalue weighted by Crippen LogP contribution is 2.26. The summed E-state index contributed by atoms with van der Waals surface area (Å²) in [5.41, 5.74) is 5.69. The van der Waals surface area contributed by atoms with Gasteiger partial charge in [-0.05, 0) is 93.1 Å². The molecule has 0 amide bonds. The van der Waals surface area contributed by atoms with Crippen LogP contribution in [0.15, 0.2) is 0 Å². The first-order valence-corrected chi connectivity index (χ1v) is 10.9. The van der Waals surface area contributed by atoms with Gasteiger partial charge in [0.1, 0.15) is 0 Å². The fourth-order valence-electron chi connectivity index (χ4n) is 3.40. The predicted molar refractivity (Wildman–Crippen MR) is 118 cm³/mol. The van der Waals surface area contributed by atoms with Gasteiger partial charge in [0.25, 0.3) is 0 Å². The molecule has 2 aromatic heterocycles. The van der Waals surface area contributed by atoms with Gasteiger partial charge in [0, 0.05) is 0 Å². The van der Waals surface area contributed by atoms with Crippen LogP contribution in [0.3, 0.4) is 0 Å². The summed E-state index contributed by atoms with van der Waals surface area (Å²) < 4.78 is 2.01. The molecule has 0 saturated heterocycles. The topological polar surface area (TPSA) is 65.7 Å². The zero-order valence-corrected chi connectivity index (χ0v) is 19.4. The summed E-state index contributed by atoms with van der Waals surface area (Å²) in [5.74, 6) is -0.242. The Labute approximate surface area is 176 Å². The molecule has 6 heteroatoms. The fraction of sp³-hybridized carbons (Fsp3) is 0.474. The van der Waals surface area contributed by atoms with Gasteiger partial charge in [-0.3, -0.25) is 9.59 Å². The Morgan fingerprint density at radius 1 is 0.680 bits per heavy atom. The lowest BCUT2D eigenvalue weighted by atomic mass is 9.98. The molecule has 2 N–H and O–H groups in total. The SMILES string of the molecule is CCc1c(I)[nH]c(C(=O)CC(=O)c2[nH]c(I)c(CC)c2CC)c1CC. The van der Waals surface area contributed by atoms with E-state index in [1.54, 1.807) is 0 Å². The van der Waals surface area contributed by atoms with Crippen molar-refractivity contribution in [3.63, 3.8) is 0 Å². The third-order valence-electron chi connectivity index (χ3n) is 4.62. The third-order valence-corrected chi connectivity index (χ3v) is 6.47. The number of aromatic nitrogens is 2. The highest BCUT2D eigenvalue weighted by atomic mass is 127. The summed E-state index contributed by atoms with van der Waals surface area (Å²) in [6, 6.07) is 0. The second-order valence-corrected chi connectivity index (χ2v) is 8.14. The average molecular weight is 566 g/mol. The van der Waals surface area contributed by atoms with Gasteiger partial charge in [0.2, 0.25) is 0 Å². The predicted octanol–water partition coefficient (Wildman–Crippen LogP) is 5.26. The first-order valence-electron chi connectivity index (χ1n) is 8.74. The van der Waals surface area contributed by atoms with E-state index in [2.05, 4.69) is 69.0 Å². The van der Waals surface area contributed by atoms with Gasteiger partial charge in [-0.1, -0.05) is 27.7 Å². The molecule has 0 atom stereocenters. The van der Waals surface area contributed by atoms with Crippen molar-refractivity contribution in [3.05, 3.63) is 41.0 Å². The van der Waals surface area contributed by atoms with E-state index in [-0.39, 0.29) is 18.0 Å². The van der Waals surface area contributed by atoms with Gasteiger partial charge < -0.3 is 9.97 Å². The van der Waals surface area contributed by atoms with Crippen LogP contribution in [0.5, 0.6) is 0 Å². The minimum absolute atomic E-state index is 0.0977. The Morgan fingerprint density at radius 3 is 1.28 bits per heavy atom. The number of rotatable bonds is 8. The maximum Gasteiger partial charge on any atom is 0.187 e. The Balaban J connectivity index is 2.32. The molecule has 25 heavy (non-hydrogen) atoms. The van der Waals surface area contributed by atoms with E-state index in [1.165, 1.54) is 11.1 Å². The molecule has 0 saturated carbocycles. The van der Waals surface area contributed by atoms with Crippen molar-refractivity contribution in [2.75, 3.05) is 0 Å². The zero-order valence-electron chi connectivity index (χ0n) is 15.1. The van der Waals surface area contributed by atoms with Gasteiger partial charge in [0.05, 0.1) is 25.2 Å². The lowest BCUT2D eigenvalue weighted by Crippen LogP contribution is -2.12. The van der Waals surface area contributed by atoms with Crippen molar-refractivity contribution in [1.82, 2.24) is 9.97 Å². The van der Waals surface area contributed by atoms with E-state index in [0.29, 0.717) is 11.4 Å². The molecule has 0 aliphatic heterocycles. The van der Waals surface area contributed by atoms with Crippen molar-refractivity contribution in [3.8, 4) is 0 Å². The zero-order chi connectivity index (χ0) is 18.7. The Morgan fingerprint density at radius 2 is 1.00 bits per heavy atom. The van der Waals surface area contributed by atoms with Gasteiger partial charge in [0.15, 0.2) is 11.6 Å². The Hall–Kier alpha value is -0.640. The lowest BCUT2D eigenvalue weighted by Gasteiger charge is -2.05. The summed E-state index contributed by atoms with van der Waals surface area (Å²) in [6.07, 6.45) is 3.25. The van der Waals surface area contributed by atoms with Crippen molar-refractivity contribution < 1.29 is 9.59 Å². The van der Waals surface area contributed by atoms with E-state index in [1.807, 2.05) is 13.8 Å². The lowest BCUT2D eigenvalue weighted by molar-refractivity contribution is 0.0888. The normalized spacial score (nSPS) is 11.1. The van der Waals surface area contributed by atoms with E-state index in [9.17, 15) is 9.59 Å². The molecule has 0 fully saturated rings. The van der Waals surface area contributed by atoms with Crippen LogP contribution < -0.4 is 0 Å². The highest BCUT2D eigenvalue weighted by Gasteiger charge is 2.24. The highest BCUT2D eigenvalue weighted by molar-refractivity contribution is 14.1. The van der Waals surface area contributed by atoms with Crippen LogP contribution in [0.4, 0.5) is 0 Å². The molecule has 0 radical (unpaired) electrons. The number of aromatic amines is 2. The number of nitrogens with one attached hydrogen (secondary N) is 2. The largest absolute Gasteiger partial charge is 0.347 e. The molecule has 0 aliphatic rings. The molecule has 0 aromatic carbocycles. The molecule has 0 bridgehead atoms. The van der Waals surface area contributed by atoms with Crippen molar-refractivity contribution >= 4 is 56.7 Å². The molecule has 136 valence electrons. The van der Waals surface area contributed by atoms with Crippen LogP contribution >= 0.6 is 45.2 Å². The molecule has 0 unspecified atom stereocenters. The Kier molecular flexibility index (Phi) is 7.30. The quantitative estimate of drug-likeness (QED) is 0.261. The molecule has 2 heterocycles. The maximum absolute atomic E-state index is 12.8. The monoisotopic (exact) mass is 566 g/mol. The second kappa shape index (κ2) is 8.83. The summed E-state index contributed by atoms with van der Waals surface area (Å²) in [4.78, 5) is 32.0. The van der Waals surface area contributed by atoms with Gasteiger partial charge in [-0.2, -0.15) is 0 Å². The molecular formula is C19H24I2N2O2. The molecule has 2 aromatic rings. The van der Waals surface area contributed by atoms with Crippen molar-refractivity contribution in [1.29, 1.82) is 0 Å². The minimum Gasteiger partial charge on any atom is -0.347 e. The number of halogens is 2. The standard InChI is InChI=1S/C19H24I2N2O2/c1-5-10-12(7-3)18(20)22-16(10)14(24)9-15(25)17-11(6-2)13(8-4)19(21)23-17/h22-23H,5-9H2,1-4H3. The Bertz CT molecular complexity index is 737. The molecule has 0 aliphatic carbocycles. The van der Waals surface area contributed by atoms with Crippen LogP contribution in [0, 0.1) is 7.40 Å². The van der Waals surface area contributed by atoms with Crippen LogP contribution in [0.2, 0.25) is 0 Å². The van der Waals surface area contributed by atoms with Gasteiger partial charge >= 0.3 is 0 Å². The fourth-order valence-corrected chi connectivity index (χ4v) is 5.36. The van der Waals surface area contributed by atoms with Crippen LogP contribution in [0.25, 0.3) is 0 Å². The van der Waals surface area contributed by atoms with Crippen LogP contribution in [0.1, 0.15) is 77.3 Å². The molecule has 0 spiro atoms. The van der Waals surface area contributed by atoms with Crippen LogP contribution in [-0.4, -0.2) is 21.5 Å². The smallest absolute Gasteiger partial charge is 0.187 e. The summed E-state index contributed by atoms with van der Waals surface area (Å²) in [7, 11) is 0. The summed E-state index contributed by atoms with van der Waals surface area (Å²) in [5, 5.41) is 0. The molecule has 4 nitrogen and oxygen atoms in total. The summed E-state index contributed by atoms with van der Waals surface area (Å²) >= 11 is 4.47. The minimum atomic E-state index is -0.121. The first-order chi connectivity index (χ1) is 11.9. The van der Waals surface area contributed by atoms with E-state index < -0.39 is 0 Å². The van der Waals surface area contributed by atoms with Crippen LogP contribution in [-0.2, 0) is 25.7 Å². The number of Topliss-reactive ketones (excluding diaryl/α,β-unsaturated/α-hetero) is 2. The number of carbonyl (C=O) groups excluding carboxylic acids is 2. The van der Waals surface area contributed by atoms with E-state index in [4.69, 9.17) is 0 Å². The number of hydrogen-bond acceptors (Lipinski definition) is 2. The first kappa shape index (κ1) is 20.7. The van der Waals surface area contributed by atoms with E-state index in [0.717, 1.165) is 44.2 Å². The number of H-pyrrole nitrogens is 2. The van der Waals surface area contributed by atoms with Gasteiger partial charge in [-0.25, -0.2) is 0 Å². The van der Waals surface area contributed by atoms with Crippen molar-refractivity contribution in [2.24, 2.45) is 0 Å². The van der Waals surface area contributed by atoms with Gasteiger partial charge in [-0.15, -0.1) is 0 Å². The average Bonchev–Trinajstić information content (AvgIpc) is 3.10. The number of ketones is 2. The summed E-state index contributed by atoms with van der Waals surface area (Å²) in [6.45, 7) is 8.27. The third kappa shape index (κ3) is 4.04.